The number of hydrogen-bond donors (Lipinski definition) is 1. The molecular weight excluding hydrogens is 456 g/mol. The molecule has 1 fully saturated rings. The molecule has 0 radical (unpaired) electrons. The van der Waals surface area contributed by atoms with Gasteiger partial charge in [0.2, 0.25) is 0 Å². The molecule has 0 unspecified atom stereocenters. The maximum atomic E-state index is 12.8. The molecule has 0 spiro atoms. The molecule has 158 valence electrons. The molecule has 3 aromatic rings. The van der Waals surface area contributed by atoms with Crippen LogP contribution < -0.4 is 0 Å². The monoisotopic (exact) mass is 472 g/mol. The Morgan fingerprint density at radius 3 is 2.52 bits per heavy atom. The molecule has 4 rings (SSSR count). The van der Waals surface area contributed by atoms with Crippen molar-refractivity contribution < 1.29 is 17.8 Å². The van der Waals surface area contributed by atoms with Crippen LogP contribution in [0.2, 0.25) is 0 Å². The van der Waals surface area contributed by atoms with Crippen LogP contribution in [-0.2, 0) is 14.9 Å². The lowest BCUT2D eigenvalue weighted by molar-refractivity contribution is -0.121. The highest BCUT2D eigenvalue weighted by Crippen LogP contribution is 2.34. The fourth-order valence-electron chi connectivity index (χ4n) is 2.98. The number of pyridine rings is 1. The molecule has 31 heavy (non-hydrogen) atoms. The first-order valence-corrected chi connectivity index (χ1v) is 11.9. The highest BCUT2D eigenvalue weighted by molar-refractivity contribution is 8.26. The van der Waals surface area contributed by atoms with Crippen molar-refractivity contribution in [1.29, 1.82) is 0 Å². The highest BCUT2D eigenvalue weighted by Gasteiger charge is 2.33. The molecule has 1 aliphatic heterocycles. The van der Waals surface area contributed by atoms with Gasteiger partial charge >= 0.3 is 0 Å². The van der Waals surface area contributed by atoms with E-state index in [0.717, 1.165) is 23.0 Å². The van der Waals surface area contributed by atoms with Gasteiger partial charge in [0.15, 0.2) is 0 Å². The van der Waals surface area contributed by atoms with E-state index in [2.05, 4.69) is 10.1 Å². The van der Waals surface area contributed by atoms with Crippen molar-refractivity contribution >= 4 is 50.4 Å². The number of benzene rings is 1. The Balaban J connectivity index is 1.72. The van der Waals surface area contributed by atoms with Gasteiger partial charge in [-0.2, -0.15) is 13.5 Å². The van der Waals surface area contributed by atoms with Crippen LogP contribution in [0, 0.1) is 0 Å². The minimum Gasteiger partial charge on any atom is -0.292 e. The maximum absolute atomic E-state index is 12.8. The van der Waals surface area contributed by atoms with E-state index in [1.165, 1.54) is 4.90 Å². The van der Waals surface area contributed by atoms with E-state index in [4.69, 9.17) is 16.8 Å². The number of carbonyl (C=O) groups is 1. The second-order valence-corrected chi connectivity index (χ2v) is 9.82. The number of hydrogen-bond acceptors (Lipinski definition) is 7. The van der Waals surface area contributed by atoms with Gasteiger partial charge in [-0.05, 0) is 30.3 Å². The summed E-state index contributed by atoms with van der Waals surface area (Å²) in [5, 5.41) is 4.69. The Labute approximate surface area is 188 Å². The van der Waals surface area contributed by atoms with Crippen molar-refractivity contribution in [2.45, 2.75) is 0 Å². The number of amides is 1. The summed E-state index contributed by atoms with van der Waals surface area (Å²) in [7, 11) is -4.21. The van der Waals surface area contributed by atoms with E-state index in [0.29, 0.717) is 16.2 Å². The smallest absolute Gasteiger partial charge is 0.266 e. The molecule has 2 aromatic heterocycles. The van der Waals surface area contributed by atoms with Crippen molar-refractivity contribution in [3.8, 4) is 16.9 Å². The van der Waals surface area contributed by atoms with Gasteiger partial charge in [0.25, 0.3) is 16.0 Å². The van der Waals surface area contributed by atoms with E-state index in [1.54, 1.807) is 23.2 Å². The van der Waals surface area contributed by atoms with Gasteiger partial charge < -0.3 is 0 Å². The molecule has 0 saturated carbocycles. The zero-order chi connectivity index (χ0) is 22.0. The second kappa shape index (κ2) is 8.71. The minimum atomic E-state index is -4.21. The zero-order valence-electron chi connectivity index (χ0n) is 16.0. The Kier molecular flexibility index (Phi) is 6.01. The van der Waals surface area contributed by atoms with Crippen LogP contribution in [0.1, 0.15) is 5.56 Å². The van der Waals surface area contributed by atoms with Gasteiger partial charge in [0.05, 0.1) is 16.3 Å². The standard InChI is InChI=1S/C20H16N4O4S3/c25-19-17(30-20(29)23(19)10-11-31(26,27)28)12-15-13-24(16-4-2-1-3-5-16)22-18(15)14-6-8-21-9-7-14/h1-9,12-13H,10-11H2,(H,26,27,28)/b17-12-. The lowest BCUT2D eigenvalue weighted by Gasteiger charge is -2.12. The van der Waals surface area contributed by atoms with Crippen LogP contribution in [0.25, 0.3) is 23.0 Å². The molecule has 0 aliphatic carbocycles. The predicted molar refractivity (Wildman–Crippen MR) is 123 cm³/mol. The fourth-order valence-corrected chi connectivity index (χ4v) is 4.69. The molecule has 0 atom stereocenters. The normalized spacial score (nSPS) is 15.8. The van der Waals surface area contributed by atoms with Gasteiger partial charge in [0.1, 0.15) is 10.0 Å². The molecule has 1 N–H and O–H groups in total. The van der Waals surface area contributed by atoms with E-state index in [9.17, 15) is 13.2 Å². The predicted octanol–water partition coefficient (Wildman–Crippen LogP) is 3.02. The van der Waals surface area contributed by atoms with Gasteiger partial charge in [-0.3, -0.25) is 19.2 Å². The average Bonchev–Trinajstić information content (AvgIpc) is 3.28. The summed E-state index contributed by atoms with van der Waals surface area (Å²) < 4.78 is 33.0. The van der Waals surface area contributed by atoms with E-state index < -0.39 is 21.8 Å². The van der Waals surface area contributed by atoms with Gasteiger partial charge in [-0.25, -0.2) is 4.68 Å². The molecule has 1 aromatic carbocycles. The first-order valence-electron chi connectivity index (χ1n) is 9.08. The molecular formula is C20H16N4O4S3. The highest BCUT2D eigenvalue weighted by atomic mass is 32.2. The molecule has 1 amide bonds. The Hall–Kier alpha value is -2.86. The van der Waals surface area contributed by atoms with E-state index in [-0.39, 0.29) is 10.9 Å². The average molecular weight is 473 g/mol. The third-order valence-electron chi connectivity index (χ3n) is 4.45. The summed E-state index contributed by atoms with van der Waals surface area (Å²) in [6.07, 6.45) is 6.83. The number of nitrogens with zero attached hydrogens (tertiary/aromatic N) is 4. The van der Waals surface area contributed by atoms with Crippen molar-refractivity contribution in [1.82, 2.24) is 19.7 Å². The van der Waals surface area contributed by atoms with Gasteiger partial charge in [-0.15, -0.1) is 0 Å². The third-order valence-corrected chi connectivity index (χ3v) is 6.53. The largest absolute Gasteiger partial charge is 0.292 e. The van der Waals surface area contributed by atoms with E-state index in [1.807, 2.05) is 48.7 Å². The van der Waals surface area contributed by atoms with Crippen LogP contribution in [0.3, 0.4) is 0 Å². The molecule has 0 bridgehead atoms. The minimum absolute atomic E-state index is 0.207. The van der Waals surface area contributed by atoms with Gasteiger partial charge in [-0.1, -0.05) is 42.2 Å². The van der Waals surface area contributed by atoms with Crippen molar-refractivity contribution in [3.63, 3.8) is 0 Å². The summed E-state index contributed by atoms with van der Waals surface area (Å²) >= 11 is 6.31. The second-order valence-electron chi connectivity index (χ2n) is 6.57. The first kappa shape index (κ1) is 21.4. The number of para-hydroxylation sites is 1. The fraction of sp³-hybridized carbons (Fsp3) is 0.100. The Morgan fingerprint density at radius 1 is 1.13 bits per heavy atom. The number of carbonyl (C=O) groups excluding carboxylic acids is 1. The van der Waals surface area contributed by atoms with Crippen LogP contribution in [0.4, 0.5) is 0 Å². The lowest BCUT2D eigenvalue weighted by Crippen LogP contribution is -2.32. The SMILES string of the molecule is O=C1/C(=C/c2cn(-c3ccccc3)nc2-c2ccncc2)SC(=S)N1CCS(=O)(=O)O. The molecule has 3 heterocycles. The summed E-state index contributed by atoms with van der Waals surface area (Å²) in [6, 6.07) is 13.2. The third kappa shape index (κ3) is 4.90. The zero-order valence-corrected chi connectivity index (χ0v) is 18.4. The quantitative estimate of drug-likeness (QED) is 0.332. The van der Waals surface area contributed by atoms with Crippen LogP contribution in [0.15, 0.2) is 66.0 Å². The number of thiocarbonyl (C=S) groups is 1. The molecule has 1 saturated heterocycles. The number of thioether (sulfide) groups is 1. The Morgan fingerprint density at radius 2 is 1.84 bits per heavy atom. The van der Waals surface area contributed by atoms with Crippen molar-refractivity contribution in [3.05, 3.63) is 71.5 Å². The van der Waals surface area contributed by atoms with Crippen LogP contribution >= 0.6 is 24.0 Å². The van der Waals surface area contributed by atoms with Crippen molar-refractivity contribution in [2.24, 2.45) is 0 Å². The first-order chi connectivity index (χ1) is 14.8. The molecule has 11 heteroatoms. The summed E-state index contributed by atoms with van der Waals surface area (Å²) in [5.74, 6) is -0.993. The molecule has 8 nitrogen and oxygen atoms in total. The lowest BCUT2D eigenvalue weighted by atomic mass is 10.1. The topological polar surface area (TPSA) is 105 Å². The maximum Gasteiger partial charge on any atom is 0.266 e. The van der Waals surface area contributed by atoms with Gasteiger partial charge in [0, 0.05) is 36.3 Å². The van der Waals surface area contributed by atoms with Crippen LogP contribution in [-0.4, -0.2) is 55.2 Å². The summed E-state index contributed by atoms with van der Waals surface area (Å²) in [6.45, 7) is -0.207. The van der Waals surface area contributed by atoms with Crippen molar-refractivity contribution in [2.75, 3.05) is 12.3 Å². The number of rotatable bonds is 6. The summed E-state index contributed by atoms with van der Waals surface area (Å²) in [4.78, 5) is 18.4. The molecule has 1 aliphatic rings. The number of aromatic nitrogens is 3. The van der Waals surface area contributed by atoms with Crippen LogP contribution in [0.5, 0.6) is 0 Å². The Bertz CT molecular complexity index is 1270. The van der Waals surface area contributed by atoms with E-state index >= 15 is 0 Å². The summed E-state index contributed by atoms with van der Waals surface area (Å²) in [5.41, 5.74) is 3.05.